The van der Waals surface area contributed by atoms with Crippen LogP contribution >= 0.6 is 0 Å². The smallest absolute Gasteiger partial charge is 0.0575 e. The zero-order valence-corrected chi connectivity index (χ0v) is 12.4. The van der Waals surface area contributed by atoms with E-state index in [1.165, 1.54) is 68.1 Å². The summed E-state index contributed by atoms with van der Waals surface area (Å²) >= 11 is 0. The van der Waals surface area contributed by atoms with Crippen molar-refractivity contribution in [2.75, 3.05) is 6.61 Å². The van der Waals surface area contributed by atoms with Gasteiger partial charge in [0.05, 0.1) is 12.7 Å². The van der Waals surface area contributed by atoms with Crippen molar-refractivity contribution >= 4 is 6.08 Å². The third-order valence-electron chi connectivity index (χ3n) is 4.68. The Kier molecular flexibility index (Phi) is 4.91. The highest BCUT2D eigenvalue weighted by atomic mass is 16.5. The number of fused-ring (bicyclic) bond motifs is 1. The van der Waals surface area contributed by atoms with E-state index in [4.69, 9.17) is 4.74 Å². The second kappa shape index (κ2) is 7.08. The van der Waals surface area contributed by atoms with Crippen LogP contribution in [0.3, 0.4) is 0 Å². The predicted molar refractivity (Wildman–Crippen MR) is 84.9 cm³/mol. The Balaban J connectivity index is 1.55. The van der Waals surface area contributed by atoms with E-state index in [1.807, 2.05) is 0 Å². The minimum atomic E-state index is 0.521. The van der Waals surface area contributed by atoms with Crippen LogP contribution in [0.2, 0.25) is 0 Å². The Morgan fingerprint density at radius 2 is 1.90 bits per heavy atom. The van der Waals surface area contributed by atoms with Crippen LogP contribution in [0.25, 0.3) is 6.08 Å². The zero-order chi connectivity index (χ0) is 13.6. The molecule has 2 aliphatic rings. The third-order valence-corrected chi connectivity index (χ3v) is 4.68. The molecule has 1 aromatic carbocycles. The molecule has 0 radical (unpaired) electrons. The standard InChI is InChI=1S/C19H26O/c1-2-4-12-18(11-3-1)20-15-14-17-10-7-9-16-8-5-6-13-19(16)17/h6-7,9-10,13,18H,1-5,8,11-12,14-15H2. The summed E-state index contributed by atoms with van der Waals surface area (Å²) < 4.78 is 6.13. The minimum absolute atomic E-state index is 0.521. The topological polar surface area (TPSA) is 9.23 Å². The van der Waals surface area contributed by atoms with Crippen LogP contribution in [0.4, 0.5) is 0 Å². The number of rotatable bonds is 4. The van der Waals surface area contributed by atoms with Gasteiger partial charge in [-0.15, -0.1) is 0 Å². The van der Waals surface area contributed by atoms with E-state index < -0.39 is 0 Å². The Labute approximate surface area is 123 Å². The van der Waals surface area contributed by atoms with E-state index >= 15 is 0 Å². The number of hydrogen-bond donors (Lipinski definition) is 0. The van der Waals surface area contributed by atoms with Crippen molar-refractivity contribution in [2.45, 2.75) is 63.9 Å². The molecule has 0 bridgehead atoms. The van der Waals surface area contributed by atoms with Crippen LogP contribution < -0.4 is 0 Å². The summed E-state index contributed by atoms with van der Waals surface area (Å²) in [4.78, 5) is 0. The minimum Gasteiger partial charge on any atom is -0.378 e. The lowest BCUT2D eigenvalue weighted by atomic mass is 9.92. The van der Waals surface area contributed by atoms with Gasteiger partial charge in [0.1, 0.15) is 0 Å². The molecule has 0 atom stereocenters. The molecule has 108 valence electrons. The van der Waals surface area contributed by atoms with Crippen LogP contribution in [0.5, 0.6) is 0 Å². The van der Waals surface area contributed by atoms with Crippen molar-refractivity contribution in [1.29, 1.82) is 0 Å². The monoisotopic (exact) mass is 270 g/mol. The second-order valence-electron chi connectivity index (χ2n) is 6.17. The van der Waals surface area contributed by atoms with Gasteiger partial charge in [0.2, 0.25) is 0 Å². The molecule has 1 fully saturated rings. The highest BCUT2D eigenvalue weighted by molar-refractivity contribution is 5.60. The summed E-state index contributed by atoms with van der Waals surface area (Å²) in [6.45, 7) is 0.884. The van der Waals surface area contributed by atoms with Gasteiger partial charge < -0.3 is 4.74 Å². The highest BCUT2D eigenvalue weighted by Crippen LogP contribution is 2.24. The van der Waals surface area contributed by atoms with Gasteiger partial charge in [-0.05, 0) is 48.8 Å². The largest absolute Gasteiger partial charge is 0.378 e. The van der Waals surface area contributed by atoms with E-state index in [2.05, 4.69) is 30.4 Å². The first-order valence-corrected chi connectivity index (χ1v) is 8.32. The molecule has 0 N–H and O–H groups in total. The quantitative estimate of drug-likeness (QED) is 0.705. The van der Waals surface area contributed by atoms with E-state index in [0.717, 1.165) is 13.0 Å². The zero-order valence-electron chi connectivity index (χ0n) is 12.4. The van der Waals surface area contributed by atoms with Gasteiger partial charge in [-0.25, -0.2) is 0 Å². The van der Waals surface area contributed by atoms with Gasteiger partial charge in [0, 0.05) is 0 Å². The Bertz CT molecular complexity index is 453. The molecule has 0 aromatic heterocycles. The normalized spacial score (nSPS) is 19.6. The SMILES string of the molecule is C1=Cc2c(cccc2CCOC2CCCCCC2)CC1. The molecule has 0 unspecified atom stereocenters. The van der Waals surface area contributed by atoms with Crippen LogP contribution in [0.15, 0.2) is 24.3 Å². The van der Waals surface area contributed by atoms with Crippen molar-refractivity contribution in [1.82, 2.24) is 0 Å². The summed E-state index contributed by atoms with van der Waals surface area (Å²) in [7, 11) is 0. The fourth-order valence-electron chi connectivity index (χ4n) is 3.50. The lowest BCUT2D eigenvalue weighted by molar-refractivity contribution is 0.0453. The van der Waals surface area contributed by atoms with Crippen LogP contribution in [0, 0.1) is 0 Å². The molecular formula is C19H26O. The average molecular weight is 270 g/mol. The first-order valence-electron chi connectivity index (χ1n) is 8.32. The summed E-state index contributed by atoms with van der Waals surface area (Å²) in [5.41, 5.74) is 4.44. The summed E-state index contributed by atoms with van der Waals surface area (Å²) in [5.74, 6) is 0. The maximum atomic E-state index is 6.13. The van der Waals surface area contributed by atoms with Gasteiger partial charge in [-0.2, -0.15) is 0 Å². The molecule has 0 spiro atoms. The van der Waals surface area contributed by atoms with Gasteiger partial charge in [0.25, 0.3) is 0 Å². The Morgan fingerprint density at radius 3 is 2.75 bits per heavy atom. The average Bonchev–Trinajstić information content (AvgIpc) is 2.76. The first kappa shape index (κ1) is 13.9. The predicted octanol–water partition coefficient (Wildman–Crippen LogP) is 4.93. The number of ether oxygens (including phenoxy) is 1. The first-order chi connectivity index (χ1) is 9.93. The van der Waals surface area contributed by atoms with Crippen LogP contribution in [-0.4, -0.2) is 12.7 Å². The molecule has 1 saturated carbocycles. The van der Waals surface area contributed by atoms with Crippen molar-refractivity contribution in [3.05, 3.63) is 41.0 Å². The molecule has 0 saturated heterocycles. The van der Waals surface area contributed by atoms with Gasteiger partial charge >= 0.3 is 0 Å². The van der Waals surface area contributed by atoms with Crippen molar-refractivity contribution in [3.63, 3.8) is 0 Å². The third kappa shape index (κ3) is 3.52. The fraction of sp³-hybridized carbons (Fsp3) is 0.579. The molecule has 2 aliphatic carbocycles. The highest BCUT2D eigenvalue weighted by Gasteiger charge is 2.13. The lowest BCUT2D eigenvalue weighted by Gasteiger charge is -2.18. The number of aryl methyl sites for hydroxylation is 1. The number of benzene rings is 1. The summed E-state index contributed by atoms with van der Waals surface area (Å²) in [6.07, 6.45) is 16.6. The Hall–Kier alpha value is -1.08. The molecule has 3 rings (SSSR count). The van der Waals surface area contributed by atoms with Crippen molar-refractivity contribution in [2.24, 2.45) is 0 Å². The van der Waals surface area contributed by atoms with Crippen LogP contribution in [-0.2, 0) is 17.6 Å². The molecule has 0 amide bonds. The van der Waals surface area contributed by atoms with Gasteiger partial charge in [0.15, 0.2) is 0 Å². The molecule has 0 aliphatic heterocycles. The molecule has 1 heteroatoms. The van der Waals surface area contributed by atoms with Gasteiger partial charge in [-0.3, -0.25) is 0 Å². The van der Waals surface area contributed by atoms with E-state index in [1.54, 1.807) is 0 Å². The number of hydrogen-bond acceptors (Lipinski definition) is 1. The lowest BCUT2D eigenvalue weighted by Crippen LogP contribution is -2.14. The summed E-state index contributed by atoms with van der Waals surface area (Å²) in [6, 6.07) is 6.75. The van der Waals surface area contributed by atoms with Crippen LogP contribution in [0.1, 0.15) is 61.6 Å². The Morgan fingerprint density at radius 1 is 1.05 bits per heavy atom. The van der Waals surface area contributed by atoms with E-state index in [-0.39, 0.29) is 0 Å². The van der Waals surface area contributed by atoms with Crippen molar-refractivity contribution < 1.29 is 4.74 Å². The fourth-order valence-corrected chi connectivity index (χ4v) is 3.50. The molecule has 20 heavy (non-hydrogen) atoms. The van der Waals surface area contributed by atoms with E-state index in [0.29, 0.717) is 6.10 Å². The molecule has 0 heterocycles. The summed E-state index contributed by atoms with van der Waals surface area (Å²) in [5, 5.41) is 0. The molecule has 1 aromatic rings. The second-order valence-corrected chi connectivity index (χ2v) is 6.17. The maximum Gasteiger partial charge on any atom is 0.0575 e. The number of allylic oxidation sites excluding steroid dienone is 1. The van der Waals surface area contributed by atoms with Gasteiger partial charge in [-0.1, -0.05) is 56.0 Å². The van der Waals surface area contributed by atoms with Crippen molar-refractivity contribution in [3.8, 4) is 0 Å². The molecule has 1 nitrogen and oxygen atoms in total. The van der Waals surface area contributed by atoms with E-state index in [9.17, 15) is 0 Å². The molecular weight excluding hydrogens is 244 g/mol. The maximum absolute atomic E-state index is 6.13.